The first-order chi connectivity index (χ1) is 21.6. The molecule has 0 bridgehead atoms. The predicted octanol–water partition coefficient (Wildman–Crippen LogP) is 1.20. The molecule has 3 fully saturated rings. The summed E-state index contributed by atoms with van der Waals surface area (Å²) in [6.45, 7) is 3.66. The average Bonchev–Trinajstić information content (AvgIpc) is 3.85. The van der Waals surface area contributed by atoms with Crippen molar-refractivity contribution in [1.82, 2.24) is 14.6 Å². The number of rotatable bonds is 13. The van der Waals surface area contributed by atoms with Crippen molar-refractivity contribution in [1.29, 1.82) is 0 Å². The molecule has 1 aromatic heterocycles. The molecule has 1 saturated carbocycles. The molecule has 45 heavy (non-hydrogen) atoms. The van der Waals surface area contributed by atoms with Crippen LogP contribution in [0.25, 0.3) is 0 Å². The highest BCUT2D eigenvalue weighted by Crippen LogP contribution is 2.39. The number of anilines is 1. The highest BCUT2D eigenvalue weighted by molar-refractivity contribution is 7.92. The zero-order valence-electron chi connectivity index (χ0n) is 25.5. The SMILES string of the molecule is COCCN1CCOc2ncc(S(=O)(=O)N3CCC4(CC3)C[C@@H](NCC(O)COc3cccc(S(=O)(=O)C5CC5)c3)CO4)cc21. The zero-order valence-corrected chi connectivity index (χ0v) is 27.1. The van der Waals surface area contributed by atoms with Crippen molar-refractivity contribution < 1.29 is 40.9 Å². The summed E-state index contributed by atoms with van der Waals surface area (Å²) in [6, 6.07) is 8.08. The molecule has 1 aromatic carbocycles. The van der Waals surface area contributed by atoms with Crippen LogP contribution in [0.2, 0.25) is 0 Å². The molecule has 2 aromatic rings. The second kappa shape index (κ2) is 13.3. The fourth-order valence-corrected chi connectivity index (χ4v) is 9.28. The van der Waals surface area contributed by atoms with E-state index in [4.69, 9.17) is 18.9 Å². The number of sulfone groups is 1. The minimum atomic E-state index is -3.76. The molecule has 2 saturated heterocycles. The highest BCUT2D eigenvalue weighted by atomic mass is 32.2. The van der Waals surface area contributed by atoms with Gasteiger partial charge in [0.2, 0.25) is 15.9 Å². The molecule has 2 atom stereocenters. The van der Waals surface area contributed by atoms with Gasteiger partial charge >= 0.3 is 0 Å². The quantitative estimate of drug-likeness (QED) is 0.316. The molecule has 4 aliphatic rings. The second-order valence-electron chi connectivity index (χ2n) is 12.2. The number of aliphatic hydroxyl groups excluding tert-OH is 1. The second-order valence-corrected chi connectivity index (χ2v) is 16.4. The van der Waals surface area contributed by atoms with Crippen LogP contribution in [0.1, 0.15) is 32.1 Å². The lowest BCUT2D eigenvalue weighted by atomic mass is 9.88. The minimum Gasteiger partial charge on any atom is -0.491 e. The number of ether oxygens (including phenoxy) is 4. The Morgan fingerprint density at radius 3 is 2.69 bits per heavy atom. The van der Waals surface area contributed by atoms with Gasteiger partial charge in [0.15, 0.2) is 9.84 Å². The van der Waals surface area contributed by atoms with E-state index in [-0.39, 0.29) is 34.2 Å². The molecule has 4 heterocycles. The van der Waals surface area contributed by atoms with E-state index in [1.165, 1.54) is 16.6 Å². The van der Waals surface area contributed by atoms with Gasteiger partial charge in [-0.3, -0.25) is 0 Å². The standard InChI is InChI=1S/C30H42N4O9S2/c1-40-13-11-33-12-14-41-29-28(33)16-27(19-32-29)45(38,39)34-9-7-30(8-10-34)17-22(20-43-30)31-18-23(35)21-42-24-3-2-4-26(15-24)44(36,37)25-5-6-25/h2-4,15-16,19,22-23,25,31,35H,5-14,17-18,20-21H2,1H3/t22-,23?/m1/s1. The number of hydrogen-bond donors (Lipinski definition) is 2. The molecule has 15 heteroatoms. The number of benzene rings is 1. The molecule has 0 radical (unpaired) electrons. The maximum Gasteiger partial charge on any atom is 0.244 e. The highest BCUT2D eigenvalue weighted by Gasteiger charge is 2.45. The summed E-state index contributed by atoms with van der Waals surface area (Å²) in [5, 5.41) is 13.6. The monoisotopic (exact) mass is 666 g/mol. The Bertz CT molecular complexity index is 1560. The first-order valence-electron chi connectivity index (χ1n) is 15.5. The molecule has 1 aliphatic carbocycles. The summed E-state index contributed by atoms with van der Waals surface area (Å²) in [4.78, 5) is 6.73. The Labute approximate surface area is 264 Å². The Morgan fingerprint density at radius 2 is 1.93 bits per heavy atom. The van der Waals surface area contributed by atoms with Crippen molar-refractivity contribution in [3.05, 3.63) is 36.5 Å². The number of pyridine rings is 1. The molecular formula is C30H42N4O9S2. The number of hydrogen-bond acceptors (Lipinski definition) is 12. The third-order valence-corrected chi connectivity index (χ3v) is 13.1. The van der Waals surface area contributed by atoms with Crippen LogP contribution in [0.4, 0.5) is 5.69 Å². The summed E-state index contributed by atoms with van der Waals surface area (Å²) >= 11 is 0. The van der Waals surface area contributed by atoms with Crippen LogP contribution in [0, 0.1) is 0 Å². The smallest absolute Gasteiger partial charge is 0.244 e. The van der Waals surface area contributed by atoms with Gasteiger partial charge in [-0.15, -0.1) is 0 Å². The van der Waals surface area contributed by atoms with Gasteiger partial charge in [0.05, 0.1) is 41.7 Å². The van der Waals surface area contributed by atoms with Gasteiger partial charge in [0.25, 0.3) is 0 Å². The molecule has 6 rings (SSSR count). The van der Waals surface area contributed by atoms with Crippen LogP contribution < -0.4 is 19.7 Å². The lowest BCUT2D eigenvalue weighted by molar-refractivity contribution is -0.0312. The Morgan fingerprint density at radius 1 is 1.13 bits per heavy atom. The van der Waals surface area contributed by atoms with E-state index in [1.54, 1.807) is 31.4 Å². The average molecular weight is 667 g/mol. The van der Waals surface area contributed by atoms with Gasteiger partial charge in [-0.05, 0) is 56.4 Å². The van der Waals surface area contributed by atoms with Crippen LogP contribution in [0.15, 0.2) is 46.3 Å². The first-order valence-corrected chi connectivity index (χ1v) is 18.5. The molecule has 0 amide bonds. The van der Waals surface area contributed by atoms with Crippen molar-refractivity contribution >= 4 is 25.5 Å². The summed E-state index contributed by atoms with van der Waals surface area (Å²) in [7, 11) is -5.44. The van der Waals surface area contributed by atoms with E-state index in [1.807, 2.05) is 4.90 Å². The number of nitrogens with one attached hydrogen (secondary N) is 1. The summed E-state index contributed by atoms with van der Waals surface area (Å²) < 4.78 is 76.4. The van der Waals surface area contributed by atoms with Crippen LogP contribution in [-0.2, 0) is 29.3 Å². The fraction of sp³-hybridized carbons (Fsp3) is 0.633. The normalized spacial score (nSPS) is 22.6. The molecule has 1 unspecified atom stereocenters. The van der Waals surface area contributed by atoms with E-state index in [9.17, 15) is 21.9 Å². The summed E-state index contributed by atoms with van der Waals surface area (Å²) in [6.07, 6.45) is 3.79. The number of fused-ring (bicyclic) bond motifs is 1. The van der Waals surface area contributed by atoms with Gasteiger partial charge in [0, 0.05) is 39.3 Å². The molecular weight excluding hydrogens is 624 g/mol. The number of nitrogens with zero attached hydrogens (tertiary/aromatic N) is 3. The van der Waals surface area contributed by atoms with E-state index < -0.39 is 31.6 Å². The molecule has 248 valence electrons. The van der Waals surface area contributed by atoms with Gasteiger partial charge in [-0.2, -0.15) is 4.31 Å². The Kier molecular flexibility index (Phi) is 9.58. The lowest BCUT2D eigenvalue weighted by Crippen LogP contribution is -2.47. The van der Waals surface area contributed by atoms with Crippen molar-refractivity contribution in [3.63, 3.8) is 0 Å². The number of aromatic nitrogens is 1. The number of sulfonamides is 1. The van der Waals surface area contributed by atoms with Crippen molar-refractivity contribution in [3.8, 4) is 11.6 Å². The third kappa shape index (κ3) is 7.24. The zero-order chi connectivity index (χ0) is 31.7. The van der Waals surface area contributed by atoms with Crippen LogP contribution in [0.5, 0.6) is 11.6 Å². The van der Waals surface area contributed by atoms with Gasteiger partial charge < -0.3 is 34.3 Å². The van der Waals surface area contributed by atoms with Crippen molar-refractivity contribution in [2.45, 2.75) is 64.9 Å². The van der Waals surface area contributed by atoms with Crippen LogP contribution in [0.3, 0.4) is 0 Å². The topological polar surface area (TPSA) is 157 Å². The summed E-state index contributed by atoms with van der Waals surface area (Å²) in [5.41, 5.74) is 0.237. The van der Waals surface area contributed by atoms with Crippen molar-refractivity contribution in [2.24, 2.45) is 0 Å². The number of aliphatic hydroxyl groups is 1. The third-order valence-electron chi connectivity index (χ3n) is 8.98. The molecule has 1 spiro atoms. The van der Waals surface area contributed by atoms with E-state index in [0.717, 1.165) is 0 Å². The van der Waals surface area contributed by atoms with Gasteiger partial charge in [-0.1, -0.05) is 6.07 Å². The first kappa shape index (κ1) is 32.4. The molecule has 13 nitrogen and oxygen atoms in total. The minimum absolute atomic E-state index is 0.0118. The van der Waals surface area contributed by atoms with Crippen LogP contribution in [-0.4, -0.2) is 120 Å². The number of methoxy groups -OCH3 is 1. The number of piperidine rings is 1. The maximum absolute atomic E-state index is 13.6. The maximum atomic E-state index is 13.6. The van der Waals surface area contributed by atoms with E-state index >= 15 is 0 Å². The summed E-state index contributed by atoms with van der Waals surface area (Å²) in [5.74, 6) is 0.834. The predicted molar refractivity (Wildman–Crippen MR) is 165 cm³/mol. The molecule has 3 aliphatic heterocycles. The van der Waals surface area contributed by atoms with Crippen molar-refractivity contribution in [2.75, 3.05) is 71.2 Å². The van der Waals surface area contributed by atoms with Gasteiger partial charge in [0.1, 0.15) is 35.7 Å². The largest absolute Gasteiger partial charge is 0.491 e. The Balaban J connectivity index is 0.974. The fourth-order valence-electron chi connectivity index (χ4n) is 6.18. The lowest BCUT2D eigenvalue weighted by Gasteiger charge is -2.38. The molecule has 2 N–H and O–H groups in total. The van der Waals surface area contributed by atoms with Gasteiger partial charge in [-0.25, -0.2) is 21.8 Å². The van der Waals surface area contributed by atoms with E-state index in [0.29, 0.717) is 95.4 Å². The van der Waals surface area contributed by atoms with E-state index in [2.05, 4.69) is 10.3 Å². The van der Waals surface area contributed by atoms with Crippen LogP contribution >= 0.6 is 0 Å². The Hall–Kier alpha value is -2.53.